The summed E-state index contributed by atoms with van der Waals surface area (Å²) in [4.78, 5) is 31.5. The maximum atomic E-state index is 13.8. The van der Waals surface area contributed by atoms with E-state index in [-0.39, 0.29) is 17.5 Å². The maximum absolute atomic E-state index is 13.8. The number of nitrogens with zero attached hydrogens (tertiary/aromatic N) is 2. The number of hydrogen-bond donors (Lipinski definition) is 4. The van der Waals surface area contributed by atoms with Crippen LogP contribution >= 0.6 is 32.8 Å². The first-order valence-electron chi connectivity index (χ1n) is 13.0. The molecule has 43 heavy (non-hydrogen) atoms. The molecular weight excluding hydrogens is 707 g/mol. The average molecular weight is 737 g/mol. The number of nitrogens with two attached hydrogens (primary N) is 1. The molecule has 5 N–H and O–H groups in total. The van der Waals surface area contributed by atoms with Crippen molar-refractivity contribution in [3.05, 3.63) is 83.0 Å². The zero-order chi connectivity index (χ0) is 31.3. The van der Waals surface area contributed by atoms with Gasteiger partial charge in [0.1, 0.15) is 17.6 Å². The Morgan fingerprint density at radius 1 is 1.07 bits per heavy atom. The Kier molecular flexibility index (Phi) is 10.2. The molecule has 11 nitrogen and oxygen atoms in total. The number of hydrogen-bond acceptors (Lipinski definition) is 8. The molecule has 3 amide bonds. The second-order valence-electron chi connectivity index (χ2n) is 9.64. The number of urea groups is 1. The lowest BCUT2D eigenvalue weighted by Gasteiger charge is -2.22. The smallest absolute Gasteiger partial charge is 0.321 e. The van der Waals surface area contributed by atoms with E-state index in [1.165, 1.54) is 44.3 Å². The summed E-state index contributed by atoms with van der Waals surface area (Å²) in [5, 5.41) is 10.8. The number of carbonyl (C=O) groups excluding carboxylic acids is 2. The lowest BCUT2D eigenvalue weighted by Crippen LogP contribution is -2.33. The molecule has 0 bridgehead atoms. The molecule has 0 aliphatic rings. The maximum Gasteiger partial charge on any atom is 0.321 e. The van der Waals surface area contributed by atoms with Crippen molar-refractivity contribution in [3.63, 3.8) is 0 Å². The summed E-state index contributed by atoms with van der Waals surface area (Å²) in [5.41, 5.74) is 7.89. The molecule has 3 aromatic carbocycles. The number of ether oxygens (including phenoxy) is 1. The number of carbonyl (C=O) groups is 2. The number of pyridine rings is 1. The number of halogens is 2. The Bertz CT molecular complexity index is 1790. The van der Waals surface area contributed by atoms with Crippen LogP contribution in [0.5, 0.6) is 5.75 Å². The second kappa shape index (κ2) is 13.7. The van der Waals surface area contributed by atoms with Crippen molar-refractivity contribution in [2.45, 2.75) is 24.4 Å². The summed E-state index contributed by atoms with van der Waals surface area (Å²) in [6.07, 6.45) is 1.60. The molecule has 1 aromatic heterocycles. The van der Waals surface area contributed by atoms with Crippen molar-refractivity contribution in [1.82, 2.24) is 15.2 Å². The van der Waals surface area contributed by atoms with Gasteiger partial charge in [0.05, 0.1) is 37.7 Å². The Morgan fingerprint density at radius 2 is 1.81 bits per heavy atom. The molecule has 226 valence electrons. The molecule has 14 heteroatoms. The van der Waals surface area contributed by atoms with Gasteiger partial charge < -0.3 is 31.3 Å². The number of nitrogen functional groups attached to an aromatic ring is 1. The molecule has 0 fully saturated rings. The number of rotatable bonds is 10. The number of aromatic nitrogens is 1. The van der Waals surface area contributed by atoms with Crippen molar-refractivity contribution in [2.75, 3.05) is 37.1 Å². The fourth-order valence-corrected chi connectivity index (χ4v) is 6.41. The highest BCUT2D eigenvalue weighted by atomic mass is 127. The van der Waals surface area contributed by atoms with Gasteiger partial charge in [-0.2, -0.15) is 0 Å². The van der Waals surface area contributed by atoms with E-state index in [9.17, 15) is 18.0 Å². The molecule has 0 aliphatic heterocycles. The van der Waals surface area contributed by atoms with Gasteiger partial charge in [-0.05, 0) is 78.0 Å². The zero-order valence-electron chi connectivity index (χ0n) is 23.5. The summed E-state index contributed by atoms with van der Waals surface area (Å²) < 4.78 is 30.7. The SMILES string of the molecule is CCOc1cc(C(Nc2ccc3c(N)nccc3c2)C(=O)NCc2cc(NC(=O)N(C)C)ccc2S(=O)(=O)I)ccc1Cl. The Hall–Kier alpha value is -3.82. The van der Waals surface area contributed by atoms with Crippen LogP contribution in [0.3, 0.4) is 0 Å². The third kappa shape index (κ3) is 7.97. The van der Waals surface area contributed by atoms with E-state index in [1.54, 1.807) is 44.6 Å². The number of amides is 3. The summed E-state index contributed by atoms with van der Waals surface area (Å²) in [6.45, 7) is 2.07. The predicted molar refractivity (Wildman–Crippen MR) is 177 cm³/mol. The molecular formula is C29H30ClIN6O5S. The molecule has 1 unspecified atom stereocenters. The Morgan fingerprint density at radius 3 is 2.51 bits per heavy atom. The van der Waals surface area contributed by atoms with Gasteiger partial charge in [-0.3, -0.25) is 4.79 Å². The van der Waals surface area contributed by atoms with Crippen LogP contribution < -0.4 is 26.4 Å². The topological polar surface area (TPSA) is 156 Å². The van der Waals surface area contributed by atoms with Crippen LogP contribution in [-0.2, 0) is 18.3 Å². The van der Waals surface area contributed by atoms with Crippen LogP contribution in [0.15, 0.2) is 71.8 Å². The standard InChI is InChI=1S/C29H30ClIN6O5S/c1-4-42-24-15-18(5-9-23(24)30)26(35-20-6-8-22-17(13-20)11-12-33-27(22)32)28(38)34-16-19-14-21(36-29(39)37(2)3)7-10-25(19)43(31,40)41/h5-15,26,35H,4,16H2,1-3H3,(H2,32,33)(H,34,38)(H,36,39). The van der Waals surface area contributed by atoms with Gasteiger partial charge in [0.15, 0.2) is 0 Å². The normalized spacial score (nSPS) is 11.9. The van der Waals surface area contributed by atoms with Crippen molar-refractivity contribution >= 4 is 79.7 Å². The van der Waals surface area contributed by atoms with Gasteiger partial charge in [0.25, 0.3) is 0 Å². The van der Waals surface area contributed by atoms with Crippen molar-refractivity contribution in [3.8, 4) is 5.75 Å². The van der Waals surface area contributed by atoms with Crippen LogP contribution in [-0.4, -0.2) is 50.9 Å². The van der Waals surface area contributed by atoms with Crippen molar-refractivity contribution in [2.24, 2.45) is 0 Å². The van der Waals surface area contributed by atoms with Crippen LogP contribution in [0, 0.1) is 0 Å². The van der Waals surface area contributed by atoms with E-state index in [4.69, 9.17) is 22.1 Å². The highest BCUT2D eigenvalue weighted by Gasteiger charge is 2.24. The Balaban J connectivity index is 1.68. The highest BCUT2D eigenvalue weighted by molar-refractivity contribution is 14.2. The van der Waals surface area contributed by atoms with Crippen LogP contribution in [0.4, 0.5) is 22.0 Å². The van der Waals surface area contributed by atoms with E-state index in [0.717, 1.165) is 10.8 Å². The third-order valence-corrected chi connectivity index (χ3v) is 9.05. The first kappa shape index (κ1) is 32.1. The molecule has 4 aromatic rings. The Labute approximate surface area is 266 Å². The monoisotopic (exact) mass is 736 g/mol. The van der Waals surface area contributed by atoms with E-state index in [1.807, 2.05) is 25.1 Å². The number of fused-ring (bicyclic) bond motifs is 1. The minimum Gasteiger partial charge on any atom is -0.492 e. The molecule has 1 heterocycles. The third-order valence-electron chi connectivity index (χ3n) is 6.39. The van der Waals surface area contributed by atoms with Gasteiger partial charge in [-0.15, -0.1) is 0 Å². The zero-order valence-corrected chi connectivity index (χ0v) is 27.2. The molecule has 1 atom stereocenters. The van der Waals surface area contributed by atoms with Crippen LogP contribution in [0.25, 0.3) is 10.8 Å². The quantitative estimate of drug-likeness (QED) is 0.122. The van der Waals surface area contributed by atoms with Gasteiger partial charge in [0, 0.05) is 43.6 Å². The second-order valence-corrected chi connectivity index (χ2v) is 14.8. The lowest BCUT2D eigenvalue weighted by atomic mass is 10.0. The van der Waals surface area contributed by atoms with E-state index in [2.05, 4.69) is 20.9 Å². The fourth-order valence-electron chi connectivity index (χ4n) is 4.28. The van der Waals surface area contributed by atoms with E-state index in [0.29, 0.717) is 45.7 Å². The van der Waals surface area contributed by atoms with Crippen LogP contribution in [0.1, 0.15) is 24.1 Å². The average Bonchev–Trinajstić information content (AvgIpc) is 2.95. The summed E-state index contributed by atoms with van der Waals surface area (Å²) in [5.74, 6) is 0.363. The summed E-state index contributed by atoms with van der Waals surface area (Å²) in [6, 6.07) is 15.4. The summed E-state index contributed by atoms with van der Waals surface area (Å²) >= 11 is 7.66. The molecule has 0 saturated heterocycles. The minimum atomic E-state index is -3.67. The van der Waals surface area contributed by atoms with Gasteiger partial charge in [-0.1, -0.05) is 17.7 Å². The lowest BCUT2D eigenvalue weighted by molar-refractivity contribution is -0.122. The van der Waals surface area contributed by atoms with E-state index < -0.39 is 19.0 Å². The molecule has 0 spiro atoms. The number of nitrogens with one attached hydrogen (secondary N) is 3. The first-order chi connectivity index (χ1) is 20.4. The minimum absolute atomic E-state index is 0.0200. The number of benzene rings is 3. The van der Waals surface area contributed by atoms with Crippen molar-refractivity contribution in [1.29, 1.82) is 0 Å². The number of anilines is 3. The van der Waals surface area contributed by atoms with Crippen molar-refractivity contribution < 1.29 is 22.7 Å². The largest absolute Gasteiger partial charge is 0.492 e. The van der Waals surface area contributed by atoms with Gasteiger partial charge in [0.2, 0.25) is 12.9 Å². The van der Waals surface area contributed by atoms with E-state index >= 15 is 0 Å². The molecule has 0 aliphatic carbocycles. The molecule has 4 rings (SSSR count). The summed E-state index contributed by atoms with van der Waals surface area (Å²) in [7, 11) is -0.500. The predicted octanol–water partition coefficient (Wildman–Crippen LogP) is 5.56. The molecule has 0 saturated carbocycles. The van der Waals surface area contributed by atoms with Gasteiger partial charge >= 0.3 is 6.03 Å². The highest BCUT2D eigenvalue weighted by Crippen LogP contribution is 2.32. The fraction of sp³-hybridized carbons (Fsp3) is 0.207. The molecule has 0 radical (unpaired) electrons. The van der Waals surface area contributed by atoms with Crippen LogP contribution in [0.2, 0.25) is 5.02 Å². The van der Waals surface area contributed by atoms with Gasteiger partial charge in [-0.25, -0.2) is 18.2 Å². The first-order valence-corrected chi connectivity index (χ1v) is 17.4.